The first kappa shape index (κ1) is 15.8. The number of H-pyrrole nitrogens is 1. The second kappa shape index (κ2) is 5.38. The molecule has 1 fully saturated rings. The molecular formula is C24H19N2O2+. The van der Waals surface area contributed by atoms with Crippen molar-refractivity contribution in [2.24, 2.45) is 11.8 Å². The quantitative estimate of drug-likeness (QED) is 0.620. The largest absolute Gasteiger partial charge is 0.322 e. The van der Waals surface area contributed by atoms with Gasteiger partial charge in [0.2, 0.25) is 0 Å². The van der Waals surface area contributed by atoms with Gasteiger partial charge in [-0.05, 0) is 35.2 Å². The fourth-order valence-corrected chi connectivity index (χ4v) is 5.61. The first-order valence-corrected chi connectivity index (χ1v) is 9.71. The molecule has 2 atom stereocenters. The monoisotopic (exact) mass is 367 g/mol. The van der Waals surface area contributed by atoms with Gasteiger partial charge in [-0.1, -0.05) is 54.6 Å². The maximum absolute atomic E-state index is 13.6. The zero-order valence-corrected chi connectivity index (χ0v) is 15.4. The standard InChI is InChI=1S/C24H18N2O2/c1-13-7-6-12-18(25-13)26-23(27)21-19-14-8-2-3-9-15(14)20(22(21)24(26)28)17-11-5-4-10-16(17)19/h2-12,19-22H,1H3/p+1. The maximum atomic E-state index is 13.6. The molecular weight excluding hydrogens is 348 g/mol. The van der Waals surface area contributed by atoms with Crippen LogP contribution in [0.15, 0.2) is 66.7 Å². The summed E-state index contributed by atoms with van der Waals surface area (Å²) in [5, 5.41) is 0. The third-order valence-electron chi connectivity index (χ3n) is 6.61. The van der Waals surface area contributed by atoms with Crippen LogP contribution in [0.5, 0.6) is 0 Å². The average molecular weight is 367 g/mol. The van der Waals surface area contributed by atoms with Gasteiger partial charge in [-0.2, -0.15) is 0 Å². The van der Waals surface area contributed by atoms with Crippen LogP contribution in [0.25, 0.3) is 0 Å². The minimum Gasteiger partial charge on any atom is -0.246 e. The minimum atomic E-state index is -0.337. The summed E-state index contributed by atoms with van der Waals surface area (Å²) in [5.74, 6) is -0.404. The second-order valence-electron chi connectivity index (χ2n) is 8.00. The van der Waals surface area contributed by atoms with Crippen LogP contribution < -0.4 is 9.88 Å². The van der Waals surface area contributed by atoms with E-state index in [9.17, 15) is 9.59 Å². The van der Waals surface area contributed by atoms with E-state index in [0.29, 0.717) is 5.82 Å². The van der Waals surface area contributed by atoms with Gasteiger partial charge in [-0.25, -0.2) is 14.6 Å². The van der Waals surface area contributed by atoms with E-state index in [2.05, 4.69) is 29.2 Å². The van der Waals surface area contributed by atoms with E-state index in [1.807, 2.05) is 49.4 Å². The molecule has 2 bridgehead atoms. The van der Waals surface area contributed by atoms with Crippen LogP contribution >= 0.6 is 0 Å². The predicted octanol–water partition coefficient (Wildman–Crippen LogP) is 3.21. The number of hydrogen-bond donors (Lipinski definition) is 0. The summed E-state index contributed by atoms with van der Waals surface area (Å²) >= 11 is 0. The molecule has 2 heterocycles. The number of aryl methyl sites for hydroxylation is 1. The molecule has 28 heavy (non-hydrogen) atoms. The van der Waals surface area contributed by atoms with Crippen LogP contribution in [0, 0.1) is 18.8 Å². The molecule has 4 nitrogen and oxygen atoms in total. The Bertz CT molecular complexity index is 1050. The Kier molecular flexibility index (Phi) is 3.03. The number of anilines is 1. The van der Waals surface area contributed by atoms with Crippen molar-refractivity contribution in [2.75, 3.05) is 4.90 Å². The lowest BCUT2D eigenvalue weighted by Gasteiger charge is -2.44. The summed E-state index contributed by atoms with van der Waals surface area (Å²) in [6.07, 6.45) is 0. The number of pyridine rings is 1. The SMILES string of the molecule is Cc1cccc(N2C(=O)C3C4c5ccccc5C(c5ccccc54)C3C2=O)[nH+]1. The van der Waals surface area contributed by atoms with E-state index in [1.54, 1.807) is 0 Å². The number of aromatic nitrogens is 1. The molecule has 7 rings (SSSR count). The second-order valence-corrected chi connectivity index (χ2v) is 8.00. The van der Waals surface area contributed by atoms with Crippen LogP contribution in [0.2, 0.25) is 0 Å². The van der Waals surface area contributed by atoms with E-state index in [-0.39, 0.29) is 35.5 Å². The molecule has 3 aromatic rings. The Morgan fingerprint density at radius 1 is 0.679 bits per heavy atom. The Morgan fingerprint density at radius 2 is 1.14 bits per heavy atom. The lowest BCUT2D eigenvalue weighted by atomic mass is 9.55. The lowest BCUT2D eigenvalue weighted by molar-refractivity contribution is -0.372. The number of nitrogens with zero attached hydrogens (tertiary/aromatic N) is 1. The van der Waals surface area contributed by atoms with Gasteiger partial charge in [0, 0.05) is 17.9 Å². The number of amides is 2. The molecule has 1 N–H and O–H groups in total. The van der Waals surface area contributed by atoms with E-state index in [4.69, 9.17) is 0 Å². The fourth-order valence-electron chi connectivity index (χ4n) is 5.61. The van der Waals surface area contributed by atoms with Crippen LogP contribution in [-0.2, 0) is 9.59 Å². The first-order valence-electron chi connectivity index (χ1n) is 9.71. The Labute approximate surface area is 162 Å². The highest BCUT2D eigenvalue weighted by molar-refractivity contribution is 6.22. The topological polar surface area (TPSA) is 51.5 Å². The van der Waals surface area contributed by atoms with E-state index in [0.717, 1.165) is 5.69 Å². The number of aromatic amines is 1. The molecule has 0 radical (unpaired) electrons. The van der Waals surface area contributed by atoms with Crippen LogP contribution in [-0.4, -0.2) is 11.8 Å². The molecule has 4 heteroatoms. The molecule has 2 aromatic carbocycles. The number of hydrogen-bond acceptors (Lipinski definition) is 2. The van der Waals surface area contributed by atoms with Gasteiger partial charge in [0.05, 0.1) is 17.5 Å². The number of carbonyl (C=O) groups excluding carboxylic acids is 2. The van der Waals surface area contributed by atoms with Crippen molar-refractivity contribution in [3.8, 4) is 0 Å². The molecule has 1 saturated heterocycles. The predicted molar refractivity (Wildman–Crippen MR) is 104 cm³/mol. The highest BCUT2D eigenvalue weighted by Gasteiger charge is 2.65. The molecule has 4 aliphatic rings. The van der Waals surface area contributed by atoms with E-state index in [1.165, 1.54) is 27.2 Å². The van der Waals surface area contributed by atoms with Gasteiger partial charge >= 0.3 is 11.8 Å². The Hall–Kier alpha value is -3.27. The van der Waals surface area contributed by atoms with Crippen molar-refractivity contribution < 1.29 is 14.6 Å². The van der Waals surface area contributed by atoms with Gasteiger partial charge in [0.1, 0.15) is 0 Å². The van der Waals surface area contributed by atoms with Crippen molar-refractivity contribution in [1.82, 2.24) is 0 Å². The molecule has 1 aromatic heterocycles. The minimum absolute atomic E-state index is 0.0614. The van der Waals surface area contributed by atoms with E-state index >= 15 is 0 Å². The van der Waals surface area contributed by atoms with Gasteiger partial charge in [-0.15, -0.1) is 4.90 Å². The zero-order chi connectivity index (χ0) is 19.0. The molecule has 0 saturated carbocycles. The smallest absolute Gasteiger partial charge is 0.246 e. The highest BCUT2D eigenvalue weighted by Crippen LogP contribution is 2.61. The van der Waals surface area contributed by atoms with Crippen LogP contribution in [0.4, 0.5) is 5.82 Å². The summed E-state index contributed by atoms with van der Waals surface area (Å²) in [4.78, 5) is 31.7. The zero-order valence-electron chi connectivity index (χ0n) is 15.4. The van der Waals surface area contributed by atoms with Crippen molar-refractivity contribution >= 4 is 17.6 Å². The number of nitrogens with one attached hydrogen (secondary N) is 1. The molecule has 1 aliphatic heterocycles. The number of benzene rings is 2. The van der Waals surface area contributed by atoms with E-state index < -0.39 is 0 Å². The third-order valence-corrected chi connectivity index (χ3v) is 6.61. The number of imide groups is 1. The molecule has 2 amide bonds. The molecule has 0 spiro atoms. The number of carbonyl (C=O) groups is 2. The molecule has 3 aliphatic carbocycles. The first-order chi connectivity index (χ1) is 13.7. The van der Waals surface area contributed by atoms with Crippen molar-refractivity contribution in [3.05, 3.63) is 94.7 Å². The van der Waals surface area contributed by atoms with Crippen LogP contribution in [0.1, 0.15) is 39.8 Å². The third kappa shape index (κ3) is 1.82. The Balaban J connectivity index is 1.58. The van der Waals surface area contributed by atoms with Crippen molar-refractivity contribution in [3.63, 3.8) is 0 Å². The highest BCUT2D eigenvalue weighted by atomic mass is 16.2. The van der Waals surface area contributed by atoms with Gasteiger partial charge in [0.25, 0.3) is 5.82 Å². The lowest BCUT2D eigenvalue weighted by Crippen LogP contribution is -2.41. The summed E-state index contributed by atoms with van der Waals surface area (Å²) in [6.45, 7) is 1.93. The number of rotatable bonds is 1. The fraction of sp³-hybridized carbons (Fsp3) is 0.208. The van der Waals surface area contributed by atoms with Gasteiger partial charge < -0.3 is 0 Å². The molecule has 136 valence electrons. The summed E-state index contributed by atoms with van der Waals surface area (Å²) in [7, 11) is 0. The maximum Gasteiger partial charge on any atom is 0.322 e. The molecule has 2 unspecified atom stereocenters. The summed E-state index contributed by atoms with van der Waals surface area (Å²) in [6, 6.07) is 22.2. The van der Waals surface area contributed by atoms with Gasteiger partial charge in [-0.3, -0.25) is 0 Å². The van der Waals surface area contributed by atoms with Crippen molar-refractivity contribution in [2.45, 2.75) is 18.8 Å². The van der Waals surface area contributed by atoms with Crippen molar-refractivity contribution in [1.29, 1.82) is 0 Å². The normalized spacial score (nSPS) is 26.8. The van der Waals surface area contributed by atoms with Crippen LogP contribution in [0.3, 0.4) is 0 Å². The van der Waals surface area contributed by atoms with Gasteiger partial charge in [0.15, 0.2) is 0 Å². The summed E-state index contributed by atoms with van der Waals surface area (Å²) < 4.78 is 0. The summed E-state index contributed by atoms with van der Waals surface area (Å²) in [5.41, 5.74) is 5.71. The average Bonchev–Trinajstić information content (AvgIpc) is 2.99. The Morgan fingerprint density at radius 3 is 1.57 bits per heavy atom.